The number of fused-ring (bicyclic) bond motifs is 3. The normalized spacial score (nSPS) is 13.3. The van der Waals surface area contributed by atoms with Crippen LogP contribution >= 0.6 is 0 Å². The highest BCUT2D eigenvalue weighted by Crippen LogP contribution is 2.54. The Morgan fingerprint density at radius 3 is 2.00 bits per heavy atom. The van der Waals surface area contributed by atoms with Crippen molar-refractivity contribution < 1.29 is 13.2 Å². The Hall–Kier alpha value is -4.32. The van der Waals surface area contributed by atoms with E-state index in [2.05, 4.69) is 28.8 Å². The van der Waals surface area contributed by atoms with E-state index in [0.717, 1.165) is 64.2 Å². The second-order valence-corrected chi connectivity index (χ2v) is 10.2. The van der Waals surface area contributed by atoms with Crippen molar-refractivity contribution in [3.8, 4) is 11.1 Å². The molecule has 0 fully saturated rings. The SMILES string of the molecule is C=C(Nc1ccc(CCCCC2(C(=C)NCC(F)(F)F)c3ccccc3-c3ccccc32)cn1)c1ccccc1. The fraction of sp³-hybridized carbons (Fsp3) is 0.206. The van der Waals surface area contributed by atoms with Crippen molar-refractivity contribution in [1.29, 1.82) is 0 Å². The number of hydrogen-bond donors (Lipinski definition) is 2. The van der Waals surface area contributed by atoms with Gasteiger partial charge < -0.3 is 10.6 Å². The highest BCUT2D eigenvalue weighted by Gasteiger charge is 2.45. The molecule has 5 rings (SSSR count). The van der Waals surface area contributed by atoms with Crippen molar-refractivity contribution in [3.05, 3.63) is 138 Å². The van der Waals surface area contributed by atoms with E-state index in [9.17, 15) is 13.2 Å². The lowest BCUT2D eigenvalue weighted by Gasteiger charge is -2.35. The number of rotatable bonds is 11. The summed E-state index contributed by atoms with van der Waals surface area (Å²) in [5.74, 6) is 0.725. The predicted molar refractivity (Wildman–Crippen MR) is 157 cm³/mol. The summed E-state index contributed by atoms with van der Waals surface area (Å²) in [5, 5.41) is 5.88. The van der Waals surface area contributed by atoms with Crippen LogP contribution in [0, 0.1) is 0 Å². The maximum atomic E-state index is 13.2. The molecule has 1 heterocycles. The molecule has 6 heteroatoms. The molecule has 4 aromatic rings. The molecule has 1 aliphatic carbocycles. The van der Waals surface area contributed by atoms with E-state index in [1.165, 1.54) is 0 Å². The van der Waals surface area contributed by atoms with Crippen LogP contribution in [0.1, 0.15) is 41.5 Å². The van der Waals surface area contributed by atoms with Crippen LogP contribution in [0.15, 0.2) is 116 Å². The van der Waals surface area contributed by atoms with Crippen molar-refractivity contribution >= 4 is 11.5 Å². The molecular weight excluding hydrogens is 507 g/mol. The number of alkyl halides is 3. The first-order valence-corrected chi connectivity index (χ1v) is 13.4. The first-order valence-electron chi connectivity index (χ1n) is 13.4. The van der Waals surface area contributed by atoms with Crippen LogP contribution in [0.2, 0.25) is 0 Å². The number of nitrogens with zero attached hydrogens (tertiary/aromatic N) is 1. The summed E-state index contributed by atoms with van der Waals surface area (Å²) in [6, 6.07) is 29.8. The van der Waals surface area contributed by atoms with Gasteiger partial charge in [-0.05, 0) is 58.7 Å². The van der Waals surface area contributed by atoms with E-state index in [1.54, 1.807) is 0 Å². The molecule has 1 aliphatic rings. The zero-order chi connectivity index (χ0) is 28.2. The molecule has 0 saturated heterocycles. The van der Waals surface area contributed by atoms with Crippen LogP contribution in [0.5, 0.6) is 0 Å². The third kappa shape index (κ3) is 5.67. The molecule has 0 amide bonds. The van der Waals surface area contributed by atoms with Gasteiger partial charge in [-0.15, -0.1) is 0 Å². The molecule has 2 N–H and O–H groups in total. The maximum absolute atomic E-state index is 13.2. The van der Waals surface area contributed by atoms with Crippen molar-refractivity contribution in [2.45, 2.75) is 37.3 Å². The van der Waals surface area contributed by atoms with E-state index >= 15 is 0 Å². The Labute approximate surface area is 233 Å². The van der Waals surface area contributed by atoms with Gasteiger partial charge in [0.25, 0.3) is 0 Å². The summed E-state index contributed by atoms with van der Waals surface area (Å²) >= 11 is 0. The van der Waals surface area contributed by atoms with Gasteiger partial charge in [0.05, 0.1) is 5.41 Å². The summed E-state index contributed by atoms with van der Waals surface area (Å²) in [7, 11) is 0. The smallest absolute Gasteiger partial charge is 0.379 e. The Morgan fingerprint density at radius 1 is 0.775 bits per heavy atom. The molecule has 204 valence electrons. The number of hydrogen-bond acceptors (Lipinski definition) is 3. The van der Waals surface area contributed by atoms with Gasteiger partial charge in [-0.3, -0.25) is 0 Å². The third-order valence-corrected chi connectivity index (χ3v) is 7.57. The molecule has 3 nitrogen and oxygen atoms in total. The minimum atomic E-state index is -4.33. The Morgan fingerprint density at radius 2 is 1.40 bits per heavy atom. The molecule has 0 saturated carbocycles. The number of nitrogens with one attached hydrogen (secondary N) is 2. The van der Waals surface area contributed by atoms with Crippen LogP contribution < -0.4 is 10.6 Å². The van der Waals surface area contributed by atoms with Gasteiger partial charge in [-0.25, -0.2) is 4.98 Å². The van der Waals surface area contributed by atoms with E-state index in [0.29, 0.717) is 12.1 Å². The summed E-state index contributed by atoms with van der Waals surface area (Å²) in [4.78, 5) is 4.55. The van der Waals surface area contributed by atoms with Crippen molar-refractivity contribution in [3.63, 3.8) is 0 Å². The van der Waals surface area contributed by atoms with Crippen LogP contribution in [-0.2, 0) is 11.8 Å². The monoisotopic (exact) mass is 539 g/mol. The molecule has 0 radical (unpaired) electrons. The molecule has 0 aliphatic heterocycles. The first kappa shape index (κ1) is 27.3. The van der Waals surface area contributed by atoms with Crippen molar-refractivity contribution in [1.82, 2.24) is 10.3 Å². The zero-order valence-electron chi connectivity index (χ0n) is 22.3. The number of pyridine rings is 1. The van der Waals surface area contributed by atoms with Gasteiger partial charge >= 0.3 is 6.18 Å². The summed E-state index contributed by atoms with van der Waals surface area (Å²) < 4.78 is 39.5. The van der Waals surface area contributed by atoms with Crippen LogP contribution in [0.25, 0.3) is 16.8 Å². The molecule has 0 unspecified atom stereocenters. The van der Waals surface area contributed by atoms with Gasteiger partial charge in [-0.2, -0.15) is 13.2 Å². The minimum absolute atomic E-state index is 0.387. The minimum Gasteiger partial charge on any atom is -0.379 e. The van der Waals surface area contributed by atoms with Crippen LogP contribution in [0.3, 0.4) is 0 Å². The molecule has 0 atom stereocenters. The second kappa shape index (κ2) is 11.4. The molecule has 1 aromatic heterocycles. The van der Waals surface area contributed by atoms with E-state index < -0.39 is 18.1 Å². The summed E-state index contributed by atoms with van der Waals surface area (Å²) in [5.41, 5.74) is 6.66. The standard InChI is InChI=1S/C34H32F3N3/c1-24(27-13-4-3-5-14-27)40-32-20-19-26(22-38-32)12-10-11-21-33(25(2)39-23-34(35,36)37)30-17-8-6-15-28(30)29-16-7-9-18-31(29)33/h3-9,13-20,22,39H,1-2,10-12,21,23H2,(H,38,40). The Kier molecular flexibility index (Phi) is 7.78. The van der Waals surface area contributed by atoms with Gasteiger partial charge in [0, 0.05) is 17.6 Å². The fourth-order valence-corrected chi connectivity index (χ4v) is 5.66. The quantitative estimate of drug-likeness (QED) is 0.188. The summed E-state index contributed by atoms with van der Waals surface area (Å²) in [6.07, 6.45) is 0.664. The predicted octanol–water partition coefficient (Wildman–Crippen LogP) is 8.51. The van der Waals surface area contributed by atoms with Gasteiger partial charge in [0.2, 0.25) is 0 Å². The number of benzene rings is 3. The highest BCUT2D eigenvalue weighted by atomic mass is 19.4. The fourth-order valence-electron chi connectivity index (χ4n) is 5.66. The molecular formula is C34H32F3N3. The van der Waals surface area contributed by atoms with E-state index in [1.807, 2.05) is 97.2 Å². The Bertz CT molecular complexity index is 1450. The number of allylic oxidation sites excluding steroid dienone is 1. The van der Waals surface area contributed by atoms with Crippen LogP contribution in [0.4, 0.5) is 19.0 Å². The van der Waals surface area contributed by atoms with Crippen molar-refractivity contribution in [2.75, 3.05) is 11.9 Å². The number of unbranched alkanes of at least 4 members (excludes halogenated alkanes) is 1. The van der Waals surface area contributed by atoms with E-state index in [4.69, 9.17) is 0 Å². The second-order valence-electron chi connectivity index (χ2n) is 10.2. The Balaban J connectivity index is 1.29. The average molecular weight is 540 g/mol. The average Bonchev–Trinajstić information content (AvgIpc) is 3.26. The lowest BCUT2D eigenvalue weighted by atomic mass is 9.71. The van der Waals surface area contributed by atoms with Gasteiger partial charge in [0.1, 0.15) is 12.4 Å². The highest BCUT2D eigenvalue weighted by molar-refractivity contribution is 5.83. The number of halogens is 3. The molecule has 40 heavy (non-hydrogen) atoms. The number of anilines is 1. The van der Waals surface area contributed by atoms with E-state index in [-0.39, 0.29) is 0 Å². The largest absolute Gasteiger partial charge is 0.405 e. The zero-order valence-corrected chi connectivity index (χ0v) is 22.3. The molecule has 0 bridgehead atoms. The molecule has 3 aromatic carbocycles. The number of aryl methyl sites for hydroxylation is 1. The van der Waals surface area contributed by atoms with Crippen LogP contribution in [-0.4, -0.2) is 17.7 Å². The summed E-state index contributed by atoms with van der Waals surface area (Å²) in [6.45, 7) is 7.15. The van der Waals surface area contributed by atoms with Gasteiger partial charge in [-0.1, -0.05) is 105 Å². The third-order valence-electron chi connectivity index (χ3n) is 7.57. The maximum Gasteiger partial charge on any atom is 0.405 e. The lowest BCUT2D eigenvalue weighted by molar-refractivity contribution is -0.123. The number of aromatic nitrogens is 1. The lowest BCUT2D eigenvalue weighted by Crippen LogP contribution is -2.39. The molecule has 0 spiro atoms. The first-order chi connectivity index (χ1) is 19.3. The van der Waals surface area contributed by atoms with Gasteiger partial charge in [0.15, 0.2) is 0 Å². The topological polar surface area (TPSA) is 37.0 Å². The van der Waals surface area contributed by atoms with Crippen molar-refractivity contribution in [2.24, 2.45) is 0 Å².